The highest BCUT2D eigenvalue weighted by atomic mass is 32.2. The van der Waals surface area contributed by atoms with Gasteiger partial charge >= 0.3 is 6.16 Å². The summed E-state index contributed by atoms with van der Waals surface area (Å²) >= 11 is 1.30. The second-order valence-electron chi connectivity index (χ2n) is 7.12. The summed E-state index contributed by atoms with van der Waals surface area (Å²) in [6.45, 7) is 4.84. The van der Waals surface area contributed by atoms with Crippen molar-refractivity contribution in [2.24, 2.45) is 0 Å². The first-order valence-corrected chi connectivity index (χ1v) is 10.9. The van der Waals surface area contributed by atoms with Crippen LogP contribution in [0.25, 0.3) is 5.57 Å². The molecule has 2 unspecified atom stereocenters. The molecule has 1 aromatic heterocycles. The van der Waals surface area contributed by atoms with Crippen molar-refractivity contribution in [3.8, 4) is 5.75 Å². The van der Waals surface area contributed by atoms with Crippen LogP contribution in [0.1, 0.15) is 16.7 Å². The Balaban J connectivity index is 0.00000199. The van der Waals surface area contributed by atoms with Crippen molar-refractivity contribution in [2.75, 3.05) is 13.2 Å². The number of hydrogen-bond donors (Lipinski definition) is 5. The molecule has 2 aromatic rings. The summed E-state index contributed by atoms with van der Waals surface area (Å²) in [5.41, 5.74) is 2.06. The van der Waals surface area contributed by atoms with Crippen LogP contribution in [-0.2, 0) is 16.0 Å². The minimum absolute atomic E-state index is 0.119. The lowest BCUT2D eigenvalue weighted by atomic mass is 9.98. The lowest BCUT2D eigenvalue weighted by Crippen LogP contribution is -2.40. The Hall–Kier alpha value is -2.90. The number of aliphatic hydroxyl groups is 3. The van der Waals surface area contributed by atoms with E-state index < -0.39 is 34.9 Å². The predicted octanol–water partition coefficient (Wildman–Crippen LogP) is 1.73. The Labute approximate surface area is 198 Å². The second-order valence-corrected chi connectivity index (χ2v) is 8.14. The van der Waals surface area contributed by atoms with E-state index in [1.165, 1.54) is 11.8 Å². The summed E-state index contributed by atoms with van der Waals surface area (Å²) < 4.78 is 38.8. The molecular formula is C22H25F2N3O6S. The number of rotatable bonds is 11. The summed E-state index contributed by atoms with van der Waals surface area (Å²) in [6, 6.07) is 3.31. The lowest BCUT2D eigenvalue weighted by Gasteiger charge is -2.34. The van der Waals surface area contributed by atoms with Crippen LogP contribution in [0.3, 0.4) is 0 Å². The van der Waals surface area contributed by atoms with Crippen molar-refractivity contribution in [3.63, 3.8) is 0 Å². The van der Waals surface area contributed by atoms with Gasteiger partial charge in [-0.2, -0.15) is 0 Å². The highest BCUT2D eigenvalue weighted by molar-refractivity contribution is 8.05. The number of halogens is 2. The number of carbonyl (C=O) groups excluding carboxylic acids is 1. The number of thioether (sulfide) groups is 1. The van der Waals surface area contributed by atoms with E-state index in [0.29, 0.717) is 31.1 Å². The zero-order valence-electron chi connectivity index (χ0n) is 18.2. The van der Waals surface area contributed by atoms with Crippen molar-refractivity contribution >= 4 is 30.5 Å². The van der Waals surface area contributed by atoms with Crippen molar-refractivity contribution in [2.45, 2.75) is 30.9 Å². The summed E-state index contributed by atoms with van der Waals surface area (Å²) in [5.74, 6) is -2.65. The number of aromatic nitrogens is 1. The lowest BCUT2D eigenvalue weighted by molar-refractivity contribution is -0.419. The van der Waals surface area contributed by atoms with Crippen molar-refractivity contribution in [3.05, 3.63) is 64.3 Å². The molecule has 2 heterocycles. The van der Waals surface area contributed by atoms with E-state index in [2.05, 4.69) is 21.8 Å². The van der Waals surface area contributed by atoms with Gasteiger partial charge in [0.25, 0.3) is 0 Å². The van der Waals surface area contributed by atoms with Gasteiger partial charge in [-0.05, 0) is 42.2 Å². The van der Waals surface area contributed by atoms with Crippen LogP contribution in [0.15, 0.2) is 36.0 Å². The number of aryl methyl sites for hydroxylation is 1. The van der Waals surface area contributed by atoms with E-state index in [0.717, 1.165) is 17.2 Å². The predicted molar refractivity (Wildman–Crippen MR) is 122 cm³/mol. The molecule has 0 spiro atoms. The van der Waals surface area contributed by atoms with E-state index in [4.69, 9.17) is 25.5 Å². The molecular weight excluding hydrogens is 472 g/mol. The highest BCUT2D eigenvalue weighted by Gasteiger charge is 2.37. The molecule has 0 aliphatic carbocycles. The average molecular weight is 498 g/mol. The van der Waals surface area contributed by atoms with Crippen LogP contribution in [0.2, 0.25) is 0 Å². The van der Waals surface area contributed by atoms with Crippen LogP contribution in [-0.4, -0.2) is 64.1 Å². The van der Waals surface area contributed by atoms with Gasteiger partial charge in [-0.15, -0.1) is 11.8 Å². The number of benzene rings is 1. The summed E-state index contributed by atoms with van der Waals surface area (Å²) in [6.07, 6.45) is 0.324. The molecule has 0 saturated carbocycles. The van der Waals surface area contributed by atoms with Gasteiger partial charge in [0.2, 0.25) is 6.41 Å². The van der Waals surface area contributed by atoms with Crippen LogP contribution < -0.4 is 10.1 Å². The topological polar surface area (TPSA) is 145 Å². The summed E-state index contributed by atoms with van der Waals surface area (Å²) in [7, 11) is 0. The van der Waals surface area contributed by atoms with Gasteiger partial charge in [0.1, 0.15) is 17.4 Å². The Morgan fingerprint density at radius 3 is 2.62 bits per heavy atom. The Bertz CT molecular complexity index is 1020. The smallest absolute Gasteiger partial charge is 0.416 e. The quantitative estimate of drug-likeness (QED) is 0.179. The first kappa shape index (κ1) is 27.3. The largest absolute Gasteiger partial charge is 0.453 e. The number of hydrogen-bond acceptors (Lipinski definition) is 9. The average Bonchev–Trinajstić information content (AvgIpc) is 2.73. The van der Waals surface area contributed by atoms with Crippen molar-refractivity contribution < 1.29 is 38.4 Å². The molecule has 184 valence electrons. The maximum atomic E-state index is 14.6. The SMILES string of the molecule is C=N.Cc1cncc(CCOC(CNC=O)C2SC=C2c2c(F)cc(F)cc2OC(O)(O)O)c1. The molecule has 9 nitrogen and oxygen atoms in total. The molecule has 3 rings (SSSR count). The molecule has 0 radical (unpaired) electrons. The van der Waals surface area contributed by atoms with Gasteiger partial charge in [-0.1, -0.05) is 6.07 Å². The third-order valence-electron chi connectivity index (χ3n) is 4.60. The van der Waals surface area contributed by atoms with E-state index in [9.17, 15) is 13.6 Å². The molecule has 1 aromatic carbocycles. The number of nitrogens with zero attached hydrogens (tertiary/aromatic N) is 1. The molecule has 5 N–H and O–H groups in total. The number of nitrogens with one attached hydrogen (secondary N) is 2. The Kier molecular flexibility index (Phi) is 10.1. The normalized spacial score (nSPS) is 15.8. The second kappa shape index (κ2) is 12.5. The summed E-state index contributed by atoms with van der Waals surface area (Å²) in [4.78, 5) is 15.0. The molecule has 34 heavy (non-hydrogen) atoms. The Morgan fingerprint density at radius 2 is 2.03 bits per heavy atom. The maximum absolute atomic E-state index is 14.6. The molecule has 12 heteroatoms. The van der Waals surface area contributed by atoms with Gasteiger partial charge in [-0.25, -0.2) is 8.78 Å². The highest BCUT2D eigenvalue weighted by Crippen LogP contribution is 2.46. The fraction of sp³-hybridized carbons (Fsp3) is 0.318. The number of carbonyl (C=O) groups is 1. The van der Waals surface area contributed by atoms with Gasteiger partial charge in [0.05, 0.1) is 23.5 Å². The van der Waals surface area contributed by atoms with Crippen LogP contribution in [0.5, 0.6) is 5.75 Å². The molecule has 1 amide bonds. The molecule has 0 bridgehead atoms. The zero-order chi connectivity index (χ0) is 25.3. The minimum Gasteiger partial charge on any atom is -0.416 e. The first-order chi connectivity index (χ1) is 16.2. The molecule has 0 saturated heterocycles. The van der Waals surface area contributed by atoms with E-state index in [1.54, 1.807) is 17.8 Å². The molecule has 2 atom stereocenters. The molecule has 0 fully saturated rings. The molecule has 1 aliphatic rings. The van der Waals surface area contributed by atoms with E-state index >= 15 is 0 Å². The standard InChI is InChI=1S/C21H22F2N2O6S.CH3N/c1-12-4-13(8-24-7-12)2-3-30-18(9-25-11-26)20-15(10-32-20)19-16(23)5-14(22)6-17(19)31-21(27,28)29;1-2/h4-8,10-11,18,20,27-29H,2-3,9H2,1H3,(H,25,26);2H,1H2. The zero-order valence-corrected chi connectivity index (χ0v) is 19.0. The third-order valence-corrected chi connectivity index (χ3v) is 5.84. The summed E-state index contributed by atoms with van der Waals surface area (Å²) in [5, 5.41) is 36.5. The minimum atomic E-state index is -3.63. The van der Waals surface area contributed by atoms with Gasteiger partial charge in [0.15, 0.2) is 0 Å². The fourth-order valence-corrected chi connectivity index (χ4v) is 4.28. The monoisotopic (exact) mass is 497 g/mol. The van der Waals surface area contributed by atoms with Crippen LogP contribution in [0, 0.1) is 24.0 Å². The fourth-order valence-electron chi connectivity index (χ4n) is 3.26. The number of pyridine rings is 1. The number of amides is 1. The van der Waals surface area contributed by atoms with Gasteiger partial charge < -0.3 is 35.5 Å². The maximum Gasteiger partial charge on any atom is 0.453 e. The van der Waals surface area contributed by atoms with Gasteiger partial charge in [0, 0.05) is 31.1 Å². The van der Waals surface area contributed by atoms with Crippen molar-refractivity contribution in [1.29, 1.82) is 5.41 Å². The van der Waals surface area contributed by atoms with Crippen LogP contribution >= 0.6 is 11.8 Å². The van der Waals surface area contributed by atoms with Crippen LogP contribution in [0.4, 0.5) is 8.78 Å². The van der Waals surface area contributed by atoms with E-state index in [-0.39, 0.29) is 12.1 Å². The third kappa shape index (κ3) is 7.57. The van der Waals surface area contributed by atoms with Crippen molar-refractivity contribution in [1.82, 2.24) is 10.3 Å². The number of ether oxygens (including phenoxy) is 2. The first-order valence-electron chi connectivity index (χ1n) is 9.93. The molecule has 1 aliphatic heterocycles. The Morgan fingerprint density at radius 1 is 1.29 bits per heavy atom. The van der Waals surface area contributed by atoms with Gasteiger partial charge in [-0.3, -0.25) is 9.78 Å². The van der Waals surface area contributed by atoms with E-state index in [1.807, 2.05) is 13.0 Å².